The summed E-state index contributed by atoms with van der Waals surface area (Å²) in [6.45, 7) is 10.3. The fourth-order valence-corrected chi connectivity index (χ4v) is 2.09. The van der Waals surface area contributed by atoms with Crippen LogP contribution in [0.5, 0.6) is 0 Å². The first-order valence-electron chi connectivity index (χ1n) is 5.71. The number of nitrogens with zero attached hydrogens (tertiary/aromatic N) is 1. The second-order valence-electron chi connectivity index (χ2n) is 4.50. The van der Waals surface area contributed by atoms with Gasteiger partial charge in [-0.1, -0.05) is 24.8 Å². The van der Waals surface area contributed by atoms with Gasteiger partial charge in [0.1, 0.15) is 0 Å². The van der Waals surface area contributed by atoms with Crippen molar-refractivity contribution in [3.63, 3.8) is 0 Å². The minimum Gasteiger partial charge on any atom is -0.306 e. The molecule has 1 unspecified atom stereocenters. The van der Waals surface area contributed by atoms with Crippen LogP contribution in [0.15, 0.2) is 24.8 Å². The molecule has 1 saturated heterocycles. The van der Waals surface area contributed by atoms with E-state index in [-0.39, 0.29) is 0 Å². The molecule has 1 heterocycles. The second-order valence-corrected chi connectivity index (χ2v) is 4.50. The molecule has 0 spiro atoms. The molecule has 1 aliphatic rings. The van der Waals surface area contributed by atoms with Gasteiger partial charge in [0.15, 0.2) is 0 Å². The molecule has 0 bridgehead atoms. The van der Waals surface area contributed by atoms with Crippen molar-refractivity contribution in [2.45, 2.75) is 32.1 Å². The first kappa shape index (κ1) is 11.5. The second kappa shape index (κ2) is 6.02. The predicted octanol–water partition coefficient (Wildman–Crippen LogP) is 3.24. The monoisotopic (exact) mass is 193 g/mol. The summed E-state index contributed by atoms with van der Waals surface area (Å²) in [5, 5.41) is 0. The first-order chi connectivity index (χ1) is 6.72. The summed E-state index contributed by atoms with van der Waals surface area (Å²) in [6, 6.07) is 0. The maximum absolute atomic E-state index is 3.97. The molecule has 1 rings (SSSR count). The summed E-state index contributed by atoms with van der Waals surface area (Å²) >= 11 is 0. The lowest BCUT2D eigenvalue weighted by Crippen LogP contribution is -2.18. The third-order valence-corrected chi connectivity index (χ3v) is 3.23. The van der Waals surface area contributed by atoms with Crippen molar-refractivity contribution in [1.29, 1.82) is 0 Å². The maximum atomic E-state index is 3.97. The molecule has 0 N–H and O–H groups in total. The Balaban J connectivity index is 2.23. The molecule has 0 aliphatic carbocycles. The molecule has 0 aromatic heterocycles. The van der Waals surface area contributed by atoms with E-state index in [9.17, 15) is 0 Å². The zero-order valence-electron chi connectivity index (χ0n) is 9.47. The van der Waals surface area contributed by atoms with Crippen LogP contribution in [0.2, 0.25) is 0 Å². The van der Waals surface area contributed by atoms with Crippen LogP contribution in [0.3, 0.4) is 0 Å². The summed E-state index contributed by atoms with van der Waals surface area (Å²) in [5.74, 6) is 0.914. The van der Waals surface area contributed by atoms with Gasteiger partial charge in [-0.05, 0) is 58.2 Å². The van der Waals surface area contributed by atoms with Crippen molar-refractivity contribution in [3.8, 4) is 0 Å². The van der Waals surface area contributed by atoms with Gasteiger partial charge in [0.2, 0.25) is 0 Å². The van der Waals surface area contributed by atoms with Crippen molar-refractivity contribution in [2.24, 2.45) is 5.92 Å². The zero-order valence-corrected chi connectivity index (χ0v) is 9.47. The van der Waals surface area contributed by atoms with Gasteiger partial charge in [-0.3, -0.25) is 0 Å². The summed E-state index contributed by atoms with van der Waals surface area (Å²) in [7, 11) is 2.23. The Morgan fingerprint density at radius 3 is 2.93 bits per heavy atom. The Labute approximate surface area is 88.5 Å². The number of rotatable bonds is 4. The van der Waals surface area contributed by atoms with Crippen molar-refractivity contribution >= 4 is 0 Å². The standard InChI is InChI=1S/C13H23N/c1-4-12(2)7-8-13-6-5-10-14(3)11-9-13/h4,13H,1-2,5-11H2,3H3. The molecule has 1 atom stereocenters. The maximum Gasteiger partial charge on any atom is -0.00191 e. The predicted molar refractivity (Wildman–Crippen MR) is 63.4 cm³/mol. The third kappa shape index (κ3) is 4.10. The van der Waals surface area contributed by atoms with E-state index >= 15 is 0 Å². The zero-order chi connectivity index (χ0) is 10.4. The molecule has 1 nitrogen and oxygen atoms in total. The molecule has 0 radical (unpaired) electrons. The van der Waals surface area contributed by atoms with Gasteiger partial charge in [-0.15, -0.1) is 0 Å². The minimum absolute atomic E-state index is 0.914. The van der Waals surface area contributed by atoms with E-state index in [1.165, 1.54) is 44.3 Å². The Bertz CT molecular complexity index is 195. The fourth-order valence-electron chi connectivity index (χ4n) is 2.09. The minimum atomic E-state index is 0.914. The van der Waals surface area contributed by atoms with Crippen LogP contribution in [-0.2, 0) is 0 Å². The van der Waals surface area contributed by atoms with Crippen LogP contribution in [-0.4, -0.2) is 25.0 Å². The van der Waals surface area contributed by atoms with Crippen LogP contribution in [0.25, 0.3) is 0 Å². The summed E-state index contributed by atoms with van der Waals surface area (Å²) < 4.78 is 0. The highest BCUT2D eigenvalue weighted by Gasteiger charge is 2.14. The molecular weight excluding hydrogens is 170 g/mol. The summed E-state index contributed by atoms with van der Waals surface area (Å²) in [4.78, 5) is 2.45. The van der Waals surface area contributed by atoms with Crippen molar-refractivity contribution in [1.82, 2.24) is 4.90 Å². The summed E-state index contributed by atoms with van der Waals surface area (Å²) in [5.41, 5.74) is 1.20. The third-order valence-electron chi connectivity index (χ3n) is 3.23. The Morgan fingerprint density at radius 1 is 1.43 bits per heavy atom. The van der Waals surface area contributed by atoms with Gasteiger partial charge >= 0.3 is 0 Å². The van der Waals surface area contributed by atoms with E-state index in [1.807, 2.05) is 6.08 Å². The summed E-state index contributed by atoms with van der Waals surface area (Å²) in [6.07, 6.45) is 8.46. The number of hydrogen-bond acceptors (Lipinski definition) is 1. The smallest absolute Gasteiger partial charge is 0.00191 e. The van der Waals surface area contributed by atoms with E-state index in [1.54, 1.807) is 0 Å². The first-order valence-corrected chi connectivity index (χ1v) is 5.71. The lowest BCUT2D eigenvalue weighted by Gasteiger charge is -2.14. The molecule has 1 heteroatoms. The Kier molecular flexibility index (Phi) is 4.95. The average Bonchev–Trinajstić information content (AvgIpc) is 2.39. The topological polar surface area (TPSA) is 3.24 Å². The van der Waals surface area contributed by atoms with Gasteiger partial charge < -0.3 is 4.90 Å². The van der Waals surface area contributed by atoms with Gasteiger partial charge in [0, 0.05) is 0 Å². The van der Waals surface area contributed by atoms with E-state index < -0.39 is 0 Å². The quantitative estimate of drug-likeness (QED) is 0.620. The van der Waals surface area contributed by atoms with Crippen LogP contribution in [0, 0.1) is 5.92 Å². The SMILES string of the molecule is C=CC(=C)CCC1CCCN(C)CC1. The lowest BCUT2D eigenvalue weighted by atomic mass is 9.93. The normalized spacial score (nSPS) is 24.2. The van der Waals surface area contributed by atoms with E-state index in [0.29, 0.717) is 0 Å². The van der Waals surface area contributed by atoms with Crippen LogP contribution >= 0.6 is 0 Å². The lowest BCUT2D eigenvalue weighted by molar-refractivity contribution is 0.339. The number of hydrogen-bond donors (Lipinski definition) is 0. The van der Waals surface area contributed by atoms with Crippen molar-refractivity contribution < 1.29 is 0 Å². The van der Waals surface area contributed by atoms with Gasteiger partial charge in [-0.25, -0.2) is 0 Å². The van der Waals surface area contributed by atoms with Crippen LogP contribution in [0.1, 0.15) is 32.1 Å². The molecule has 0 amide bonds. The molecule has 0 aromatic rings. The van der Waals surface area contributed by atoms with E-state index in [4.69, 9.17) is 0 Å². The molecule has 0 aromatic carbocycles. The van der Waals surface area contributed by atoms with Crippen molar-refractivity contribution in [3.05, 3.63) is 24.8 Å². The highest BCUT2D eigenvalue weighted by Crippen LogP contribution is 2.23. The molecule has 0 saturated carbocycles. The van der Waals surface area contributed by atoms with Crippen LogP contribution < -0.4 is 0 Å². The highest BCUT2D eigenvalue weighted by atomic mass is 15.1. The van der Waals surface area contributed by atoms with Crippen molar-refractivity contribution in [2.75, 3.05) is 20.1 Å². The molecule has 14 heavy (non-hydrogen) atoms. The van der Waals surface area contributed by atoms with Gasteiger partial charge in [-0.2, -0.15) is 0 Å². The molecular formula is C13H23N. The molecule has 1 fully saturated rings. The number of allylic oxidation sites excluding steroid dienone is 2. The molecule has 1 aliphatic heterocycles. The van der Waals surface area contributed by atoms with E-state index in [0.717, 1.165) is 12.3 Å². The molecule has 80 valence electrons. The fraction of sp³-hybridized carbons (Fsp3) is 0.692. The van der Waals surface area contributed by atoms with Crippen LogP contribution in [0.4, 0.5) is 0 Å². The van der Waals surface area contributed by atoms with Gasteiger partial charge in [0.25, 0.3) is 0 Å². The average molecular weight is 193 g/mol. The van der Waals surface area contributed by atoms with E-state index in [2.05, 4.69) is 25.1 Å². The largest absolute Gasteiger partial charge is 0.306 e. The number of likely N-dealkylation sites (tertiary alicyclic amines) is 1. The highest BCUT2D eigenvalue weighted by molar-refractivity contribution is 5.10. The Hall–Kier alpha value is -0.560. The Morgan fingerprint density at radius 2 is 2.21 bits per heavy atom. The van der Waals surface area contributed by atoms with Gasteiger partial charge in [0.05, 0.1) is 0 Å².